The lowest BCUT2D eigenvalue weighted by molar-refractivity contribution is 0.299. The molecule has 0 saturated carbocycles. The van der Waals surface area contributed by atoms with Crippen LogP contribution in [0, 0.1) is 0 Å². The maximum absolute atomic E-state index is 8.78. The quantitative estimate of drug-likeness (QED) is 0.598. The van der Waals surface area contributed by atoms with Crippen LogP contribution in [0.15, 0.2) is 30.9 Å². The summed E-state index contributed by atoms with van der Waals surface area (Å²) in [6, 6.07) is 5.64. The van der Waals surface area contributed by atoms with Crippen LogP contribution in [0.4, 0.5) is 0 Å². The topological polar surface area (TPSA) is 49.7 Å². The summed E-state index contributed by atoms with van der Waals surface area (Å²) in [6.45, 7) is 6.28. The van der Waals surface area contributed by atoms with E-state index in [4.69, 9.17) is 26.6 Å². The van der Waals surface area contributed by atoms with Gasteiger partial charge in [-0.2, -0.15) is 0 Å². The van der Waals surface area contributed by atoms with Gasteiger partial charge in [-0.25, -0.2) is 0 Å². The molecule has 108 valence electrons. The average Bonchev–Trinajstić information content (AvgIpc) is 2.42. The van der Waals surface area contributed by atoms with Crippen molar-refractivity contribution in [3.8, 4) is 5.75 Å². The third kappa shape index (κ3) is 8.65. The Balaban J connectivity index is 0.000000711. The highest BCUT2D eigenvalue weighted by Crippen LogP contribution is 2.25. The number of halogens is 1. The van der Waals surface area contributed by atoms with Gasteiger partial charge >= 0.3 is 0 Å². The fourth-order valence-corrected chi connectivity index (χ4v) is 1.53. The molecule has 1 aromatic rings. The first-order valence-electron chi connectivity index (χ1n) is 6.43. The van der Waals surface area contributed by atoms with Crippen LogP contribution in [-0.2, 0) is 6.42 Å². The monoisotopic (exact) mass is 286 g/mol. The summed E-state index contributed by atoms with van der Waals surface area (Å²) < 4.78 is 5.52. The lowest BCUT2D eigenvalue weighted by atomic mass is 10.1. The van der Waals surface area contributed by atoms with Crippen LogP contribution in [0.5, 0.6) is 5.75 Å². The predicted octanol–water partition coefficient (Wildman–Crippen LogP) is 3.22. The number of hydrogen-bond acceptors (Lipinski definition) is 3. The molecule has 0 aromatic heterocycles. The van der Waals surface area contributed by atoms with Crippen LogP contribution in [-0.4, -0.2) is 30.0 Å². The van der Waals surface area contributed by atoms with Gasteiger partial charge in [0, 0.05) is 6.61 Å². The summed E-state index contributed by atoms with van der Waals surface area (Å²) in [6.07, 6.45) is 4.21. The highest BCUT2D eigenvalue weighted by atomic mass is 35.5. The summed E-state index contributed by atoms with van der Waals surface area (Å²) in [7, 11) is 0. The Kier molecular flexibility index (Phi) is 11.4. The van der Waals surface area contributed by atoms with Gasteiger partial charge in [0.15, 0.2) is 0 Å². The molecule has 0 fully saturated rings. The van der Waals surface area contributed by atoms with Crippen molar-refractivity contribution >= 4 is 11.6 Å². The number of unbranched alkanes of at least 4 members (excludes halogenated alkanes) is 1. The molecule has 2 N–H and O–H groups in total. The van der Waals surface area contributed by atoms with Crippen molar-refractivity contribution in [3.63, 3.8) is 0 Å². The Morgan fingerprint density at radius 1 is 1.37 bits per heavy atom. The fourth-order valence-electron chi connectivity index (χ4n) is 1.27. The van der Waals surface area contributed by atoms with Crippen LogP contribution in [0.1, 0.15) is 25.3 Å². The molecule has 0 aliphatic heterocycles. The Labute approximate surface area is 120 Å². The molecule has 3 nitrogen and oxygen atoms in total. The maximum atomic E-state index is 8.78. The molecule has 4 heteroatoms. The van der Waals surface area contributed by atoms with E-state index in [9.17, 15) is 0 Å². The number of benzene rings is 1. The predicted molar refractivity (Wildman–Crippen MR) is 79.9 cm³/mol. The minimum absolute atomic E-state index is 0.0833. The van der Waals surface area contributed by atoms with Crippen LogP contribution in [0.2, 0.25) is 5.02 Å². The molecular weight excluding hydrogens is 264 g/mol. The van der Waals surface area contributed by atoms with E-state index in [2.05, 4.69) is 13.5 Å². The van der Waals surface area contributed by atoms with Gasteiger partial charge < -0.3 is 14.9 Å². The minimum Gasteiger partial charge on any atom is -0.492 e. The molecule has 0 heterocycles. The zero-order valence-corrected chi connectivity index (χ0v) is 12.2. The molecule has 0 saturated heterocycles. The molecule has 1 rings (SSSR count). The third-order valence-corrected chi connectivity index (χ3v) is 2.58. The van der Waals surface area contributed by atoms with Crippen LogP contribution >= 0.6 is 11.6 Å². The zero-order valence-electron chi connectivity index (χ0n) is 11.4. The second-order valence-corrected chi connectivity index (χ2v) is 4.32. The lowest BCUT2D eigenvalue weighted by Gasteiger charge is -2.08. The molecule has 0 unspecified atom stereocenters. The summed E-state index contributed by atoms with van der Waals surface area (Å²) in [4.78, 5) is 0. The number of rotatable bonds is 7. The molecule has 0 bridgehead atoms. The van der Waals surface area contributed by atoms with Crippen molar-refractivity contribution in [1.82, 2.24) is 0 Å². The second-order valence-electron chi connectivity index (χ2n) is 3.91. The lowest BCUT2D eigenvalue weighted by Crippen LogP contribution is -1.98. The summed E-state index contributed by atoms with van der Waals surface area (Å²) in [5.41, 5.74) is 1.03. The molecule has 0 atom stereocenters. The molecule has 0 radical (unpaired) electrons. The Hall–Kier alpha value is -1.03. The van der Waals surface area contributed by atoms with E-state index < -0.39 is 0 Å². The number of aliphatic hydroxyl groups is 2. The standard InChI is InChI=1S/C12H17ClO2.C3H6O/c1-2-3-8-15-12-5-4-10(6-7-14)9-11(12)13;1-2-3-4/h4-5,9,14H,2-3,6-8H2,1H3;2,4H,1,3H2. The van der Waals surface area contributed by atoms with Gasteiger partial charge in [0.25, 0.3) is 0 Å². The van der Waals surface area contributed by atoms with E-state index >= 15 is 0 Å². The smallest absolute Gasteiger partial charge is 0.137 e. The van der Waals surface area contributed by atoms with Crippen LogP contribution in [0.3, 0.4) is 0 Å². The van der Waals surface area contributed by atoms with E-state index in [0.29, 0.717) is 18.1 Å². The van der Waals surface area contributed by atoms with E-state index in [0.717, 1.165) is 24.2 Å². The fraction of sp³-hybridized carbons (Fsp3) is 0.467. The Morgan fingerprint density at radius 3 is 2.53 bits per heavy atom. The average molecular weight is 287 g/mol. The highest BCUT2D eigenvalue weighted by molar-refractivity contribution is 6.32. The first-order valence-corrected chi connectivity index (χ1v) is 6.81. The van der Waals surface area contributed by atoms with Crippen molar-refractivity contribution in [1.29, 1.82) is 0 Å². The van der Waals surface area contributed by atoms with Gasteiger partial charge in [-0.05, 0) is 30.5 Å². The highest BCUT2D eigenvalue weighted by Gasteiger charge is 2.02. The van der Waals surface area contributed by atoms with Gasteiger partial charge in [0.05, 0.1) is 18.2 Å². The SMILES string of the molecule is C=CCO.CCCCOc1ccc(CCO)cc1Cl. The summed E-state index contributed by atoms with van der Waals surface area (Å²) in [5, 5.41) is 17.2. The maximum Gasteiger partial charge on any atom is 0.137 e. The first kappa shape index (κ1) is 18.0. The van der Waals surface area contributed by atoms with Crippen molar-refractivity contribution in [2.45, 2.75) is 26.2 Å². The van der Waals surface area contributed by atoms with E-state index in [1.807, 2.05) is 18.2 Å². The number of ether oxygens (including phenoxy) is 1. The van der Waals surface area contributed by atoms with Gasteiger partial charge in [-0.15, -0.1) is 6.58 Å². The second kappa shape index (κ2) is 12.0. The van der Waals surface area contributed by atoms with Crippen LogP contribution in [0.25, 0.3) is 0 Å². The molecule has 0 aliphatic carbocycles. The summed E-state index contributed by atoms with van der Waals surface area (Å²) in [5.74, 6) is 0.729. The van der Waals surface area contributed by atoms with E-state index in [1.54, 1.807) is 0 Å². The molecule has 0 aliphatic rings. The molecule has 19 heavy (non-hydrogen) atoms. The normalized spacial score (nSPS) is 9.47. The van der Waals surface area contributed by atoms with Gasteiger partial charge in [0.2, 0.25) is 0 Å². The molecule has 0 amide bonds. The van der Waals surface area contributed by atoms with E-state index in [-0.39, 0.29) is 13.2 Å². The zero-order chi connectivity index (χ0) is 14.5. The van der Waals surface area contributed by atoms with Gasteiger partial charge in [-0.1, -0.05) is 37.1 Å². The largest absolute Gasteiger partial charge is 0.492 e. The summed E-state index contributed by atoms with van der Waals surface area (Å²) >= 11 is 6.04. The molecule has 0 spiro atoms. The van der Waals surface area contributed by atoms with Crippen molar-refractivity contribution in [2.75, 3.05) is 19.8 Å². The van der Waals surface area contributed by atoms with E-state index in [1.165, 1.54) is 6.08 Å². The first-order chi connectivity index (χ1) is 9.19. The van der Waals surface area contributed by atoms with Gasteiger partial charge in [0.1, 0.15) is 5.75 Å². The van der Waals surface area contributed by atoms with Crippen LogP contribution < -0.4 is 4.74 Å². The number of hydrogen-bond donors (Lipinski definition) is 2. The number of aliphatic hydroxyl groups excluding tert-OH is 2. The van der Waals surface area contributed by atoms with Crippen molar-refractivity contribution in [3.05, 3.63) is 41.4 Å². The third-order valence-electron chi connectivity index (χ3n) is 2.28. The Bertz CT molecular complexity index is 353. The van der Waals surface area contributed by atoms with Crippen molar-refractivity contribution < 1.29 is 14.9 Å². The molecular formula is C15H23ClO3. The van der Waals surface area contributed by atoms with Gasteiger partial charge in [-0.3, -0.25) is 0 Å². The minimum atomic E-state index is 0.0833. The van der Waals surface area contributed by atoms with Crippen molar-refractivity contribution in [2.24, 2.45) is 0 Å². The molecule has 1 aromatic carbocycles. The Morgan fingerprint density at radius 2 is 2.05 bits per heavy atom.